The van der Waals surface area contributed by atoms with Gasteiger partial charge in [0.15, 0.2) is 0 Å². The molecule has 1 amide bonds. The van der Waals surface area contributed by atoms with Crippen LogP contribution in [0, 0.1) is 18.3 Å². The molecule has 1 heterocycles. The van der Waals surface area contributed by atoms with Crippen LogP contribution in [0.5, 0.6) is 0 Å². The van der Waals surface area contributed by atoms with Gasteiger partial charge in [-0.3, -0.25) is 4.79 Å². The second kappa shape index (κ2) is 5.92. The molecule has 1 aliphatic carbocycles. The summed E-state index contributed by atoms with van der Waals surface area (Å²) in [6.07, 6.45) is 3.29. The van der Waals surface area contributed by atoms with Gasteiger partial charge >= 0.3 is 0 Å². The highest BCUT2D eigenvalue weighted by Gasteiger charge is 2.57. The second-order valence-corrected chi connectivity index (χ2v) is 6.23. The van der Waals surface area contributed by atoms with E-state index in [1.165, 1.54) is 0 Å². The van der Waals surface area contributed by atoms with Crippen molar-refractivity contribution in [2.45, 2.75) is 26.2 Å². The number of amides is 1. The first-order chi connectivity index (χ1) is 9.11. The van der Waals surface area contributed by atoms with E-state index >= 15 is 0 Å². The molecule has 1 saturated heterocycles. The van der Waals surface area contributed by atoms with Crippen molar-refractivity contribution in [1.29, 1.82) is 0 Å². The first kappa shape index (κ1) is 15.6. The zero-order valence-corrected chi connectivity index (χ0v) is 13.1. The molecule has 1 aromatic rings. The van der Waals surface area contributed by atoms with E-state index in [9.17, 15) is 4.79 Å². The van der Waals surface area contributed by atoms with E-state index in [2.05, 4.69) is 10.6 Å². The predicted octanol–water partition coefficient (Wildman–Crippen LogP) is 3.40. The van der Waals surface area contributed by atoms with Crippen molar-refractivity contribution in [3.63, 3.8) is 0 Å². The highest BCUT2D eigenvalue weighted by atomic mass is 35.5. The molecule has 1 saturated carbocycles. The minimum Gasteiger partial charge on any atom is -0.326 e. The van der Waals surface area contributed by atoms with E-state index in [1.54, 1.807) is 0 Å². The Morgan fingerprint density at radius 3 is 2.75 bits per heavy atom. The van der Waals surface area contributed by atoms with E-state index < -0.39 is 0 Å². The molecule has 1 aromatic carbocycles. The molecule has 1 unspecified atom stereocenters. The molecule has 0 aromatic heterocycles. The number of piperidine rings is 1. The minimum atomic E-state index is 0. The highest BCUT2D eigenvalue weighted by molar-refractivity contribution is 6.31. The summed E-state index contributed by atoms with van der Waals surface area (Å²) < 4.78 is 0. The Morgan fingerprint density at radius 1 is 1.40 bits per heavy atom. The topological polar surface area (TPSA) is 41.1 Å². The first-order valence-corrected chi connectivity index (χ1v) is 7.26. The Balaban J connectivity index is 0.00000147. The van der Waals surface area contributed by atoms with Crippen molar-refractivity contribution in [3.05, 3.63) is 28.8 Å². The van der Waals surface area contributed by atoms with Gasteiger partial charge in [0.05, 0.1) is 0 Å². The molecule has 20 heavy (non-hydrogen) atoms. The Labute approximate surface area is 130 Å². The molecule has 1 atom stereocenters. The van der Waals surface area contributed by atoms with Gasteiger partial charge < -0.3 is 10.6 Å². The van der Waals surface area contributed by atoms with Gasteiger partial charge in [0.25, 0.3) is 0 Å². The van der Waals surface area contributed by atoms with Crippen molar-refractivity contribution in [3.8, 4) is 0 Å². The molecular formula is C15H20Cl2N2O. The molecule has 3 nitrogen and oxygen atoms in total. The smallest absolute Gasteiger partial charge is 0.228 e. The van der Waals surface area contributed by atoms with Crippen LogP contribution in [0.3, 0.4) is 0 Å². The van der Waals surface area contributed by atoms with Crippen LogP contribution in [0.4, 0.5) is 5.69 Å². The lowest BCUT2D eigenvalue weighted by Crippen LogP contribution is -2.31. The third-order valence-corrected chi connectivity index (χ3v) is 4.95. The monoisotopic (exact) mass is 314 g/mol. The number of hydrogen-bond donors (Lipinski definition) is 2. The summed E-state index contributed by atoms with van der Waals surface area (Å²) in [5.74, 6) is 0.344. The van der Waals surface area contributed by atoms with Gasteiger partial charge in [0.2, 0.25) is 5.91 Å². The van der Waals surface area contributed by atoms with Crippen molar-refractivity contribution in [1.82, 2.24) is 5.32 Å². The standard InChI is InChI=1S/C15H19ClN2O.ClH/c1-10-2-3-11(8-13(10)16)18-14(19)12-9-15(12)4-6-17-7-5-15;/h2-3,8,12,17H,4-7,9H2,1H3,(H,18,19);1H. The normalized spacial score (nSPS) is 23.0. The first-order valence-electron chi connectivity index (χ1n) is 6.88. The van der Waals surface area contributed by atoms with Gasteiger partial charge in [-0.15, -0.1) is 12.4 Å². The third-order valence-electron chi connectivity index (χ3n) is 4.54. The number of anilines is 1. The molecule has 3 rings (SSSR count). The lowest BCUT2D eigenvalue weighted by atomic mass is 9.92. The SMILES string of the molecule is Cc1ccc(NC(=O)C2CC23CCNCC3)cc1Cl.Cl. The Bertz CT molecular complexity index is 513. The molecule has 2 aliphatic rings. The van der Waals surface area contributed by atoms with Gasteiger partial charge in [-0.1, -0.05) is 17.7 Å². The zero-order valence-electron chi connectivity index (χ0n) is 11.5. The molecule has 5 heteroatoms. The van der Waals surface area contributed by atoms with Crippen LogP contribution in [-0.2, 0) is 4.79 Å². The molecule has 2 fully saturated rings. The molecule has 110 valence electrons. The van der Waals surface area contributed by atoms with Crippen molar-refractivity contribution >= 4 is 35.6 Å². The number of benzene rings is 1. The minimum absolute atomic E-state index is 0. The number of aryl methyl sites for hydroxylation is 1. The molecular weight excluding hydrogens is 295 g/mol. The summed E-state index contributed by atoms with van der Waals surface area (Å²) in [7, 11) is 0. The fourth-order valence-electron chi connectivity index (χ4n) is 3.10. The summed E-state index contributed by atoms with van der Waals surface area (Å²) in [6, 6.07) is 5.67. The van der Waals surface area contributed by atoms with Crippen LogP contribution in [0.25, 0.3) is 0 Å². The van der Waals surface area contributed by atoms with E-state index in [0.29, 0.717) is 5.02 Å². The lowest BCUT2D eigenvalue weighted by molar-refractivity contribution is -0.118. The van der Waals surface area contributed by atoms with E-state index in [0.717, 1.165) is 43.6 Å². The zero-order chi connectivity index (χ0) is 13.5. The number of halogens is 2. The summed E-state index contributed by atoms with van der Waals surface area (Å²) in [6.45, 7) is 4.04. The maximum absolute atomic E-state index is 12.3. The number of carbonyl (C=O) groups excluding carboxylic acids is 1. The third kappa shape index (κ3) is 2.95. The fourth-order valence-corrected chi connectivity index (χ4v) is 3.28. The van der Waals surface area contributed by atoms with Gasteiger partial charge in [-0.05, 0) is 62.4 Å². The van der Waals surface area contributed by atoms with Gasteiger partial charge in [-0.2, -0.15) is 0 Å². The van der Waals surface area contributed by atoms with Crippen molar-refractivity contribution < 1.29 is 4.79 Å². The fraction of sp³-hybridized carbons (Fsp3) is 0.533. The van der Waals surface area contributed by atoms with Crippen LogP contribution in [0.15, 0.2) is 18.2 Å². The molecule has 1 aliphatic heterocycles. The van der Waals surface area contributed by atoms with E-state index in [1.807, 2.05) is 25.1 Å². The van der Waals surface area contributed by atoms with Crippen LogP contribution in [0.1, 0.15) is 24.8 Å². The molecule has 2 N–H and O–H groups in total. The van der Waals surface area contributed by atoms with Crippen molar-refractivity contribution in [2.75, 3.05) is 18.4 Å². The largest absolute Gasteiger partial charge is 0.326 e. The summed E-state index contributed by atoms with van der Waals surface area (Å²) >= 11 is 6.08. The Kier molecular flexibility index (Phi) is 4.62. The van der Waals surface area contributed by atoms with Gasteiger partial charge in [-0.25, -0.2) is 0 Å². The maximum atomic E-state index is 12.3. The lowest BCUT2D eigenvalue weighted by Gasteiger charge is -2.23. The van der Waals surface area contributed by atoms with E-state index in [4.69, 9.17) is 11.6 Å². The number of rotatable bonds is 2. The predicted molar refractivity (Wildman–Crippen MR) is 84.7 cm³/mol. The van der Waals surface area contributed by atoms with Crippen LogP contribution < -0.4 is 10.6 Å². The summed E-state index contributed by atoms with van der Waals surface area (Å²) in [5, 5.41) is 7.05. The van der Waals surface area contributed by atoms with Gasteiger partial charge in [0.1, 0.15) is 0 Å². The number of hydrogen-bond acceptors (Lipinski definition) is 2. The Morgan fingerprint density at radius 2 is 2.10 bits per heavy atom. The summed E-state index contributed by atoms with van der Waals surface area (Å²) in [4.78, 5) is 12.3. The maximum Gasteiger partial charge on any atom is 0.228 e. The second-order valence-electron chi connectivity index (χ2n) is 5.82. The average molecular weight is 315 g/mol. The van der Waals surface area contributed by atoms with Crippen LogP contribution in [-0.4, -0.2) is 19.0 Å². The van der Waals surface area contributed by atoms with Crippen LogP contribution in [0.2, 0.25) is 5.02 Å². The Hall–Kier alpha value is -0.770. The molecule has 0 bridgehead atoms. The number of nitrogens with one attached hydrogen (secondary N) is 2. The quantitative estimate of drug-likeness (QED) is 0.878. The van der Waals surface area contributed by atoms with E-state index in [-0.39, 0.29) is 29.6 Å². The van der Waals surface area contributed by atoms with Gasteiger partial charge in [0, 0.05) is 16.6 Å². The number of carbonyl (C=O) groups is 1. The molecule has 1 spiro atoms. The average Bonchev–Trinajstić information content (AvgIpc) is 3.08. The van der Waals surface area contributed by atoms with Crippen LogP contribution >= 0.6 is 24.0 Å². The molecule has 0 radical (unpaired) electrons. The highest BCUT2D eigenvalue weighted by Crippen LogP contribution is 2.58. The summed E-state index contributed by atoms with van der Waals surface area (Å²) in [5.41, 5.74) is 2.11. The van der Waals surface area contributed by atoms with Crippen molar-refractivity contribution in [2.24, 2.45) is 11.3 Å².